The van der Waals surface area contributed by atoms with E-state index >= 15 is 0 Å². The van der Waals surface area contributed by atoms with E-state index in [1.54, 1.807) is 0 Å². The molecule has 0 heterocycles. The number of ketones is 1. The molecule has 3 heteroatoms. The van der Waals surface area contributed by atoms with Gasteiger partial charge in [-0.2, -0.15) is 0 Å². The third kappa shape index (κ3) is 4.90. The van der Waals surface area contributed by atoms with Gasteiger partial charge in [-0.05, 0) is 12.2 Å². The molecular formula is C6H7O3. The fourth-order valence-electron chi connectivity index (χ4n) is 0.317. The van der Waals surface area contributed by atoms with Crippen molar-refractivity contribution in [1.82, 2.24) is 0 Å². The van der Waals surface area contributed by atoms with E-state index in [0.29, 0.717) is 0 Å². The quantitative estimate of drug-likeness (QED) is 0.494. The van der Waals surface area contributed by atoms with Crippen molar-refractivity contribution in [2.24, 2.45) is 0 Å². The average molecular weight is 127 g/mol. The van der Waals surface area contributed by atoms with Gasteiger partial charge in [0.05, 0.1) is 0 Å². The predicted molar refractivity (Wildman–Crippen MR) is 31.7 cm³/mol. The Balaban J connectivity index is 3.49. The lowest BCUT2D eigenvalue weighted by Gasteiger charge is -1.87. The molecule has 0 amide bonds. The Morgan fingerprint density at radius 3 is 2.89 bits per heavy atom. The smallest absolute Gasteiger partial charge is 0.225 e. The van der Waals surface area contributed by atoms with E-state index in [1.165, 1.54) is 13.4 Å². The SMILES string of the molecule is COCC(=O)C=C[C]=O. The van der Waals surface area contributed by atoms with Gasteiger partial charge in [-0.15, -0.1) is 0 Å². The van der Waals surface area contributed by atoms with Gasteiger partial charge in [0.15, 0.2) is 5.78 Å². The molecule has 0 aromatic rings. The molecule has 9 heavy (non-hydrogen) atoms. The van der Waals surface area contributed by atoms with Crippen LogP contribution in [0, 0.1) is 0 Å². The Hall–Kier alpha value is -0.960. The van der Waals surface area contributed by atoms with E-state index in [2.05, 4.69) is 4.74 Å². The van der Waals surface area contributed by atoms with Gasteiger partial charge in [0.25, 0.3) is 0 Å². The van der Waals surface area contributed by atoms with Crippen molar-refractivity contribution in [1.29, 1.82) is 0 Å². The summed E-state index contributed by atoms with van der Waals surface area (Å²) in [6.45, 7) is 0.0121. The first-order valence-electron chi connectivity index (χ1n) is 2.37. The number of carbonyl (C=O) groups excluding carboxylic acids is 2. The molecule has 1 radical (unpaired) electrons. The van der Waals surface area contributed by atoms with Crippen molar-refractivity contribution in [3.8, 4) is 0 Å². The summed E-state index contributed by atoms with van der Waals surface area (Å²) in [5.41, 5.74) is 0. The van der Waals surface area contributed by atoms with Gasteiger partial charge in [-0.1, -0.05) is 0 Å². The molecule has 0 aliphatic heterocycles. The Morgan fingerprint density at radius 1 is 1.78 bits per heavy atom. The summed E-state index contributed by atoms with van der Waals surface area (Å²) in [5.74, 6) is -0.235. The van der Waals surface area contributed by atoms with Crippen LogP contribution in [0.25, 0.3) is 0 Å². The summed E-state index contributed by atoms with van der Waals surface area (Å²) < 4.78 is 4.47. The normalized spacial score (nSPS) is 9.89. The van der Waals surface area contributed by atoms with Gasteiger partial charge in [0.2, 0.25) is 6.29 Å². The number of hydrogen-bond acceptors (Lipinski definition) is 3. The lowest BCUT2D eigenvalue weighted by molar-refractivity contribution is -0.118. The van der Waals surface area contributed by atoms with Gasteiger partial charge >= 0.3 is 0 Å². The highest BCUT2D eigenvalue weighted by Crippen LogP contribution is 1.75. The van der Waals surface area contributed by atoms with Gasteiger partial charge in [-0.3, -0.25) is 9.59 Å². The van der Waals surface area contributed by atoms with Gasteiger partial charge < -0.3 is 4.74 Å². The zero-order valence-corrected chi connectivity index (χ0v) is 5.09. The maximum absolute atomic E-state index is 10.4. The average Bonchev–Trinajstić information content (AvgIpc) is 1.85. The second kappa shape index (κ2) is 5.18. The highest BCUT2D eigenvalue weighted by atomic mass is 16.5. The van der Waals surface area contributed by atoms with Crippen molar-refractivity contribution in [2.75, 3.05) is 13.7 Å². The van der Waals surface area contributed by atoms with Crippen LogP contribution in [0.1, 0.15) is 0 Å². The molecule has 0 aliphatic rings. The zero-order valence-electron chi connectivity index (χ0n) is 5.09. The Morgan fingerprint density at radius 2 is 2.44 bits per heavy atom. The monoisotopic (exact) mass is 127 g/mol. The molecule has 0 N–H and O–H groups in total. The van der Waals surface area contributed by atoms with Crippen molar-refractivity contribution >= 4 is 12.1 Å². The van der Waals surface area contributed by atoms with Crippen molar-refractivity contribution in [3.63, 3.8) is 0 Å². The molecule has 0 aromatic carbocycles. The van der Waals surface area contributed by atoms with E-state index in [-0.39, 0.29) is 12.4 Å². The topological polar surface area (TPSA) is 43.4 Å². The minimum Gasteiger partial charge on any atom is -0.377 e. The molecule has 0 rings (SSSR count). The first-order valence-corrected chi connectivity index (χ1v) is 2.37. The zero-order chi connectivity index (χ0) is 7.11. The number of ether oxygens (including phenoxy) is 1. The van der Waals surface area contributed by atoms with E-state index in [9.17, 15) is 9.59 Å². The molecule has 0 saturated heterocycles. The summed E-state index contributed by atoms with van der Waals surface area (Å²) in [4.78, 5) is 19.9. The van der Waals surface area contributed by atoms with Gasteiger partial charge in [0, 0.05) is 7.11 Å². The molecule has 0 saturated carbocycles. The number of methoxy groups -OCH3 is 1. The third-order valence-electron chi connectivity index (χ3n) is 0.624. The summed E-state index contributed by atoms with van der Waals surface area (Å²) in [5, 5.41) is 0. The fourth-order valence-corrected chi connectivity index (χ4v) is 0.317. The van der Waals surface area contributed by atoms with Crippen molar-refractivity contribution in [3.05, 3.63) is 12.2 Å². The molecule has 0 unspecified atom stereocenters. The molecule has 3 nitrogen and oxygen atoms in total. The molecule has 0 atom stereocenters. The largest absolute Gasteiger partial charge is 0.377 e. The second-order valence-corrected chi connectivity index (χ2v) is 1.35. The van der Waals surface area contributed by atoms with Crippen LogP contribution >= 0.6 is 0 Å². The number of rotatable bonds is 4. The van der Waals surface area contributed by atoms with Crippen LogP contribution in [0.3, 0.4) is 0 Å². The summed E-state index contributed by atoms with van der Waals surface area (Å²) in [7, 11) is 1.41. The first-order chi connectivity index (χ1) is 4.31. The Bertz CT molecular complexity index is 126. The number of hydrogen-bond donors (Lipinski definition) is 0. The summed E-state index contributed by atoms with van der Waals surface area (Å²) in [6.07, 6.45) is 3.59. The minimum atomic E-state index is -0.235. The molecular weight excluding hydrogens is 120 g/mol. The van der Waals surface area contributed by atoms with Crippen LogP contribution in [0.15, 0.2) is 12.2 Å². The van der Waals surface area contributed by atoms with E-state index < -0.39 is 0 Å². The predicted octanol–water partition coefficient (Wildman–Crippen LogP) is -0.132. The molecule has 0 aromatic heterocycles. The van der Waals surface area contributed by atoms with Crippen LogP contribution < -0.4 is 0 Å². The van der Waals surface area contributed by atoms with E-state index in [4.69, 9.17) is 0 Å². The molecule has 0 spiro atoms. The number of carbonyl (C=O) groups is 1. The van der Waals surface area contributed by atoms with Crippen LogP contribution in [-0.2, 0) is 14.3 Å². The maximum atomic E-state index is 10.4. The molecule has 49 valence electrons. The van der Waals surface area contributed by atoms with E-state index in [1.807, 2.05) is 0 Å². The van der Waals surface area contributed by atoms with Crippen LogP contribution in [-0.4, -0.2) is 25.8 Å². The summed E-state index contributed by atoms with van der Waals surface area (Å²) >= 11 is 0. The van der Waals surface area contributed by atoms with Crippen LogP contribution in [0.4, 0.5) is 0 Å². The third-order valence-corrected chi connectivity index (χ3v) is 0.624. The Kier molecular flexibility index (Phi) is 4.63. The van der Waals surface area contributed by atoms with Crippen molar-refractivity contribution in [2.45, 2.75) is 0 Å². The van der Waals surface area contributed by atoms with Gasteiger partial charge in [-0.25, -0.2) is 0 Å². The van der Waals surface area contributed by atoms with Crippen molar-refractivity contribution < 1.29 is 14.3 Å². The summed E-state index contributed by atoms with van der Waals surface area (Å²) in [6, 6.07) is 0. The Labute approximate surface area is 53.3 Å². The van der Waals surface area contributed by atoms with E-state index in [0.717, 1.165) is 12.2 Å². The lowest BCUT2D eigenvalue weighted by Crippen LogP contribution is -2.01. The maximum Gasteiger partial charge on any atom is 0.225 e. The first kappa shape index (κ1) is 8.04. The molecule has 0 bridgehead atoms. The van der Waals surface area contributed by atoms with Crippen LogP contribution in [0.5, 0.6) is 0 Å². The number of allylic oxidation sites excluding steroid dienone is 1. The van der Waals surface area contributed by atoms with Crippen LogP contribution in [0.2, 0.25) is 0 Å². The second-order valence-electron chi connectivity index (χ2n) is 1.35. The fraction of sp³-hybridized carbons (Fsp3) is 0.333. The highest BCUT2D eigenvalue weighted by molar-refractivity contribution is 5.93. The van der Waals surface area contributed by atoms with Gasteiger partial charge in [0.1, 0.15) is 6.61 Å². The molecule has 0 aliphatic carbocycles. The minimum absolute atomic E-state index is 0.0121. The lowest BCUT2D eigenvalue weighted by atomic mass is 10.4. The highest BCUT2D eigenvalue weighted by Gasteiger charge is 1.90. The standard InChI is InChI=1S/C6H7O3/c1-9-5-6(8)3-2-4-7/h2-3H,5H2,1H3. The molecule has 0 fully saturated rings.